The summed E-state index contributed by atoms with van der Waals surface area (Å²) in [5.74, 6) is 0. The van der Waals surface area contributed by atoms with Crippen LogP contribution < -0.4 is 10.2 Å². The molecule has 0 spiro atoms. The Morgan fingerprint density at radius 1 is 0.641 bits per heavy atom. The van der Waals surface area contributed by atoms with Gasteiger partial charge in [0.25, 0.3) is 0 Å². The molecule has 1 N–H and O–H groups in total. The molecule has 0 atom stereocenters. The lowest BCUT2D eigenvalue weighted by atomic mass is 10.1. The number of hydrogen-bond donors (Lipinski definition) is 3. The van der Waals surface area contributed by atoms with Crippen molar-refractivity contribution in [3.8, 4) is 0 Å². The average Bonchev–Trinajstić information content (AvgIpc) is 3.39. The van der Waals surface area contributed by atoms with Gasteiger partial charge >= 0.3 is 0 Å². The summed E-state index contributed by atoms with van der Waals surface area (Å²) in [6.07, 6.45) is 8.90. The van der Waals surface area contributed by atoms with Crippen LogP contribution in [0.3, 0.4) is 0 Å². The van der Waals surface area contributed by atoms with E-state index < -0.39 is 0 Å². The number of rotatable bonds is 5. The van der Waals surface area contributed by atoms with Crippen LogP contribution in [0.2, 0.25) is 0 Å². The Balaban J connectivity index is 0.000000657. The van der Waals surface area contributed by atoms with E-state index in [2.05, 4.69) is 149 Å². The van der Waals surface area contributed by atoms with Crippen molar-refractivity contribution in [3.63, 3.8) is 0 Å². The van der Waals surface area contributed by atoms with Gasteiger partial charge in [-0.1, -0.05) is 82.3 Å². The highest BCUT2D eigenvalue weighted by molar-refractivity contribution is 8.59. The number of allylic oxidation sites excluding steroid dienone is 3. The van der Waals surface area contributed by atoms with Gasteiger partial charge in [0.2, 0.25) is 0 Å². The summed E-state index contributed by atoms with van der Waals surface area (Å²) in [7, 11) is 0. The Kier molecular flexibility index (Phi) is 12.6. The van der Waals surface area contributed by atoms with E-state index in [0.717, 1.165) is 29.9 Å². The van der Waals surface area contributed by atoms with Crippen LogP contribution in [-0.2, 0) is 0 Å². The van der Waals surface area contributed by atoms with Crippen molar-refractivity contribution >= 4 is 77.6 Å². The number of anilines is 4. The van der Waals surface area contributed by atoms with Crippen LogP contribution in [0.5, 0.6) is 0 Å². The van der Waals surface area contributed by atoms with Gasteiger partial charge in [-0.2, -0.15) is 0 Å². The Hall–Kier alpha value is -3.12. The molecule has 5 aromatic rings. The van der Waals surface area contributed by atoms with Crippen molar-refractivity contribution in [1.29, 1.82) is 0 Å². The van der Waals surface area contributed by atoms with Gasteiger partial charge in [0.05, 0.1) is 0 Å². The average molecular weight is 571 g/mol. The van der Waals surface area contributed by atoms with Gasteiger partial charge < -0.3 is 10.2 Å². The van der Waals surface area contributed by atoms with Crippen molar-refractivity contribution in [2.45, 2.75) is 40.5 Å². The van der Waals surface area contributed by atoms with Gasteiger partial charge in [0, 0.05) is 48.6 Å². The minimum absolute atomic E-state index is 1.10. The molecule has 2 nitrogen and oxygen atoms in total. The SMILES string of the molecule is C1=CC(Nc2ccc3sc4cc(N(c5ccccc5)c5ccccc5)ccc4c3c2)=CCC1.CC.CC.SS. The molecule has 6 rings (SSSR count). The number of nitrogens with one attached hydrogen (secondary N) is 1. The monoisotopic (exact) mass is 570 g/mol. The summed E-state index contributed by atoms with van der Waals surface area (Å²) in [5.41, 5.74) is 5.80. The maximum absolute atomic E-state index is 3.57. The third-order valence-electron chi connectivity index (χ3n) is 6.03. The summed E-state index contributed by atoms with van der Waals surface area (Å²) in [6, 6.07) is 34.7. The van der Waals surface area contributed by atoms with Crippen molar-refractivity contribution < 1.29 is 0 Å². The van der Waals surface area contributed by atoms with E-state index in [1.165, 1.54) is 31.6 Å². The van der Waals surface area contributed by atoms with Gasteiger partial charge in [-0.3, -0.25) is 0 Å². The second kappa shape index (κ2) is 16.1. The molecule has 1 aliphatic carbocycles. The molecule has 0 bridgehead atoms. The second-order valence-corrected chi connectivity index (χ2v) is 9.35. The van der Waals surface area contributed by atoms with Crippen molar-refractivity contribution in [1.82, 2.24) is 0 Å². The van der Waals surface area contributed by atoms with Crippen molar-refractivity contribution in [2.24, 2.45) is 0 Å². The molecular formula is C34H38N2S3. The fourth-order valence-corrected chi connectivity index (χ4v) is 5.58. The number of thiol groups is 2. The predicted molar refractivity (Wildman–Crippen MR) is 185 cm³/mol. The van der Waals surface area contributed by atoms with E-state index in [-0.39, 0.29) is 0 Å². The van der Waals surface area contributed by atoms with Gasteiger partial charge in [0.15, 0.2) is 0 Å². The maximum atomic E-state index is 3.57. The highest BCUT2D eigenvalue weighted by atomic mass is 33.1. The lowest BCUT2D eigenvalue weighted by Gasteiger charge is -2.25. The number of para-hydroxylation sites is 2. The van der Waals surface area contributed by atoms with Crippen LogP contribution in [0.15, 0.2) is 121 Å². The molecule has 0 saturated carbocycles. The lowest BCUT2D eigenvalue weighted by Crippen LogP contribution is -2.09. The molecule has 0 unspecified atom stereocenters. The predicted octanol–water partition coefficient (Wildman–Crippen LogP) is 12.0. The summed E-state index contributed by atoms with van der Waals surface area (Å²) in [4.78, 5) is 2.32. The standard InChI is InChI=1S/C30H24N2S.2C2H6.H2S2/c1-4-10-22(11-5-1)31-23-16-19-29-28(20-23)27-18-17-26(21-30(27)33-29)32(24-12-6-2-7-13-24)25-14-8-3-9-15-25;3*1-2/h2-4,6-21,31H,1,5H2;2*1-2H3;1-2H. The van der Waals surface area contributed by atoms with E-state index in [9.17, 15) is 0 Å². The molecule has 0 aliphatic heterocycles. The van der Waals surface area contributed by atoms with E-state index in [4.69, 9.17) is 0 Å². The van der Waals surface area contributed by atoms with Crippen molar-refractivity contribution in [2.75, 3.05) is 10.2 Å². The highest BCUT2D eigenvalue weighted by Gasteiger charge is 2.14. The summed E-state index contributed by atoms with van der Waals surface area (Å²) in [5, 5.41) is 6.18. The molecule has 0 amide bonds. The number of benzene rings is 4. The second-order valence-electron chi connectivity index (χ2n) is 8.26. The van der Waals surface area contributed by atoms with Crippen LogP contribution in [0, 0.1) is 0 Å². The van der Waals surface area contributed by atoms with E-state index in [1.54, 1.807) is 0 Å². The molecule has 0 saturated heterocycles. The molecule has 1 heterocycles. The zero-order chi connectivity index (χ0) is 28.0. The van der Waals surface area contributed by atoms with E-state index in [0.29, 0.717) is 0 Å². The molecule has 0 fully saturated rings. The van der Waals surface area contributed by atoms with E-state index in [1.807, 2.05) is 39.0 Å². The van der Waals surface area contributed by atoms with Gasteiger partial charge in [-0.25, -0.2) is 0 Å². The zero-order valence-electron chi connectivity index (χ0n) is 23.1. The van der Waals surface area contributed by atoms with Crippen LogP contribution in [0.25, 0.3) is 20.2 Å². The third kappa shape index (κ3) is 7.51. The minimum Gasteiger partial charge on any atom is -0.356 e. The first-order chi connectivity index (χ1) is 19.3. The first-order valence-corrected chi connectivity index (χ1v) is 16.0. The van der Waals surface area contributed by atoms with E-state index >= 15 is 0 Å². The molecule has 0 radical (unpaired) electrons. The van der Waals surface area contributed by atoms with Crippen molar-refractivity contribution in [3.05, 3.63) is 121 Å². The smallest absolute Gasteiger partial charge is 0.0476 e. The van der Waals surface area contributed by atoms with Crippen LogP contribution in [0.1, 0.15) is 40.5 Å². The molecule has 202 valence electrons. The van der Waals surface area contributed by atoms with Gasteiger partial charge in [-0.15, -0.1) is 34.7 Å². The first-order valence-electron chi connectivity index (χ1n) is 13.6. The molecule has 39 heavy (non-hydrogen) atoms. The summed E-state index contributed by atoms with van der Waals surface area (Å²) in [6.45, 7) is 8.00. The fraction of sp³-hybridized carbons (Fsp3) is 0.176. The lowest BCUT2D eigenvalue weighted by molar-refractivity contribution is 1.02. The quantitative estimate of drug-likeness (QED) is 0.144. The Morgan fingerprint density at radius 3 is 1.87 bits per heavy atom. The number of nitrogens with zero attached hydrogens (tertiary/aromatic N) is 1. The number of fused-ring (bicyclic) bond motifs is 3. The van der Waals surface area contributed by atoms with Crippen LogP contribution in [-0.4, -0.2) is 0 Å². The Bertz CT molecular complexity index is 1450. The Labute approximate surface area is 248 Å². The summed E-state index contributed by atoms with van der Waals surface area (Å²) < 4.78 is 2.61. The minimum atomic E-state index is 1.10. The number of hydrogen-bond acceptors (Lipinski definition) is 5. The van der Waals surface area contributed by atoms with Crippen LogP contribution >= 0.6 is 34.7 Å². The fourth-order valence-electron chi connectivity index (χ4n) is 4.46. The topological polar surface area (TPSA) is 15.3 Å². The molecule has 1 aromatic heterocycles. The highest BCUT2D eigenvalue weighted by Crippen LogP contribution is 2.41. The van der Waals surface area contributed by atoms with Gasteiger partial charge in [-0.05, 0) is 73.5 Å². The molecule has 5 heteroatoms. The number of thiophene rings is 1. The Morgan fingerprint density at radius 2 is 1.28 bits per heavy atom. The largest absolute Gasteiger partial charge is 0.356 e. The zero-order valence-corrected chi connectivity index (χ0v) is 25.7. The van der Waals surface area contributed by atoms with Crippen LogP contribution in [0.4, 0.5) is 22.7 Å². The molecular weight excluding hydrogens is 533 g/mol. The molecule has 1 aliphatic rings. The normalized spacial score (nSPS) is 11.7. The van der Waals surface area contributed by atoms with Gasteiger partial charge in [0.1, 0.15) is 0 Å². The first kappa shape index (κ1) is 30.4. The third-order valence-corrected chi connectivity index (χ3v) is 7.16. The molecule has 4 aromatic carbocycles. The maximum Gasteiger partial charge on any atom is 0.0476 e. The summed E-state index contributed by atoms with van der Waals surface area (Å²) >= 11 is 8.30.